The molecule has 0 aliphatic rings. The minimum Gasteiger partial charge on any atom is -0.497 e. The molecule has 0 bridgehead atoms. The van der Waals surface area contributed by atoms with Gasteiger partial charge in [0.15, 0.2) is 0 Å². The number of nitrogens with zero attached hydrogens (tertiary/aromatic N) is 2. The minimum atomic E-state index is -0.203. The van der Waals surface area contributed by atoms with Crippen LogP contribution < -0.4 is 14.8 Å². The third kappa shape index (κ3) is 5.51. The van der Waals surface area contributed by atoms with Crippen molar-refractivity contribution in [3.05, 3.63) is 91.0 Å². The molecule has 0 aliphatic heterocycles. The first kappa shape index (κ1) is 20.2. The molecule has 1 N–H and O–H groups in total. The summed E-state index contributed by atoms with van der Waals surface area (Å²) in [6.45, 7) is 1.22. The van der Waals surface area contributed by atoms with Crippen molar-refractivity contribution >= 4 is 28.4 Å². The summed E-state index contributed by atoms with van der Waals surface area (Å²) in [5.74, 6) is 1.32. The van der Waals surface area contributed by atoms with Gasteiger partial charge in [0.2, 0.25) is 5.91 Å². The molecule has 156 valence electrons. The molecule has 1 aromatic heterocycles. The molecule has 0 saturated heterocycles. The van der Waals surface area contributed by atoms with E-state index in [2.05, 4.69) is 10.3 Å². The molecule has 0 saturated carbocycles. The van der Waals surface area contributed by atoms with Gasteiger partial charge in [-0.2, -0.15) is 0 Å². The van der Waals surface area contributed by atoms with E-state index in [1.54, 1.807) is 25.7 Å². The van der Waals surface area contributed by atoms with Gasteiger partial charge in [-0.25, -0.2) is 4.98 Å². The number of aromatic nitrogens is 2. The van der Waals surface area contributed by atoms with Crippen LogP contribution in [0.3, 0.4) is 0 Å². The highest BCUT2D eigenvalue weighted by Gasteiger charge is 2.02. The summed E-state index contributed by atoms with van der Waals surface area (Å²) < 4.78 is 13.0. The summed E-state index contributed by atoms with van der Waals surface area (Å²) in [7, 11) is 1.65. The SMILES string of the molecule is COc1ccc2cc(/C=C/C(=O)Nc3cccc(OCCn4ccnc4)c3)ccc2c1. The fraction of sp³-hybridized carbons (Fsp3) is 0.120. The monoisotopic (exact) mass is 413 g/mol. The van der Waals surface area contributed by atoms with E-state index in [1.807, 2.05) is 71.4 Å². The van der Waals surface area contributed by atoms with Gasteiger partial charge in [-0.3, -0.25) is 4.79 Å². The summed E-state index contributed by atoms with van der Waals surface area (Å²) in [5.41, 5.74) is 1.63. The van der Waals surface area contributed by atoms with Crippen molar-refractivity contribution < 1.29 is 14.3 Å². The second-order valence-corrected chi connectivity index (χ2v) is 6.97. The lowest BCUT2D eigenvalue weighted by Crippen LogP contribution is -2.09. The minimum absolute atomic E-state index is 0.203. The molecule has 0 atom stereocenters. The van der Waals surface area contributed by atoms with Gasteiger partial charge in [-0.1, -0.05) is 24.3 Å². The van der Waals surface area contributed by atoms with Crippen molar-refractivity contribution in [3.8, 4) is 11.5 Å². The topological polar surface area (TPSA) is 65.4 Å². The van der Waals surface area contributed by atoms with Crippen LogP contribution in [-0.4, -0.2) is 29.2 Å². The number of hydrogen-bond donors (Lipinski definition) is 1. The van der Waals surface area contributed by atoms with Crippen LogP contribution >= 0.6 is 0 Å². The van der Waals surface area contributed by atoms with Crippen molar-refractivity contribution in [2.45, 2.75) is 6.54 Å². The molecular formula is C25H23N3O3. The lowest BCUT2D eigenvalue weighted by molar-refractivity contribution is -0.111. The van der Waals surface area contributed by atoms with Gasteiger partial charge >= 0.3 is 0 Å². The summed E-state index contributed by atoms with van der Waals surface area (Å²) >= 11 is 0. The molecule has 1 heterocycles. The lowest BCUT2D eigenvalue weighted by Gasteiger charge is -2.09. The number of carbonyl (C=O) groups is 1. The van der Waals surface area contributed by atoms with Crippen molar-refractivity contribution in [2.24, 2.45) is 0 Å². The van der Waals surface area contributed by atoms with Crippen LogP contribution in [0, 0.1) is 0 Å². The van der Waals surface area contributed by atoms with E-state index in [0.29, 0.717) is 24.6 Å². The van der Waals surface area contributed by atoms with Crippen LogP contribution in [0.1, 0.15) is 5.56 Å². The van der Waals surface area contributed by atoms with Gasteiger partial charge < -0.3 is 19.4 Å². The van der Waals surface area contributed by atoms with E-state index in [9.17, 15) is 4.79 Å². The smallest absolute Gasteiger partial charge is 0.248 e. The van der Waals surface area contributed by atoms with Crippen LogP contribution in [0.4, 0.5) is 5.69 Å². The van der Waals surface area contributed by atoms with E-state index >= 15 is 0 Å². The Balaban J connectivity index is 1.34. The van der Waals surface area contributed by atoms with Crippen LogP contribution in [0.15, 0.2) is 85.5 Å². The van der Waals surface area contributed by atoms with Crippen LogP contribution in [0.5, 0.6) is 11.5 Å². The Morgan fingerprint density at radius 3 is 2.77 bits per heavy atom. The number of nitrogens with one attached hydrogen (secondary N) is 1. The molecule has 6 nitrogen and oxygen atoms in total. The van der Waals surface area contributed by atoms with E-state index < -0.39 is 0 Å². The maximum atomic E-state index is 12.3. The Bertz CT molecular complexity index is 1200. The van der Waals surface area contributed by atoms with Gasteiger partial charge in [0.05, 0.1) is 20.0 Å². The summed E-state index contributed by atoms with van der Waals surface area (Å²) in [4.78, 5) is 16.4. The van der Waals surface area contributed by atoms with Gasteiger partial charge in [-0.05, 0) is 52.7 Å². The maximum absolute atomic E-state index is 12.3. The average Bonchev–Trinajstić information content (AvgIpc) is 3.31. The summed E-state index contributed by atoms with van der Waals surface area (Å²) in [5, 5.41) is 5.05. The second kappa shape index (κ2) is 9.63. The van der Waals surface area contributed by atoms with Crippen molar-refractivity contribution in [3.63, 3.8) is 0 Å². The van der Waals surface area contributed by atoms with E-state index in [0.717, 1.165) is 22.1 Å². The predicted octanol–water partition coefficient (Wildman–Crippen LogP) is 4.78. The Kier molecular flexibility index (Phi) is 6.28. The predicted molar refractivity (Wildman–Crippen MR) is 122 cm³/mol. The molecule has 31 heavy (non-hydrogen) atoms. The zero-order chi connectivity index (χ0) is 21.5. The van der Waals surface area contributed by atoms with Gasteiger partial charge in [0.1, 0.15) is 18.1 Å². The normalized spacial score (nSPS) is 11.0. The molecule has 0 spiro atoms. The Hall–Kier alpha value is -4.06. The van der Waals surface area contributed by atoms with E-state index in [1.165, 1.54) is 6.08 Å². The number of fused-ring (bicyclic) bond motifs is 1. The fourth-order valence-electron chi connectivity index (χ4n) is 3.18. The highest BCUT2D eigenvalue weighted by atomic mass is 16.5. The number of hydrogen-bond acceptors (Lipinski definition) is 4. The molecule has 0 unspecified atom stereocenters. The zero-order valence-electron chi connectivity index (χ0n) is 17.2. The van der Waals surface area contributed by atoms with Crippen molar-refractivity contribution in [1.82, 2.24) is 9.55 Å². The number of rotatable bonds is 8. The molecule has 4 aromatic rings. The maximum Gasteiger partial charge on any atom is 0.248 e. The van der Waals surface area contributed by atoms with E-state index in [4.69, 9.17) is 9.47 Å². The number of benzene rings is 3. The standard InChI is InChI=1S/C25H23N3O3/c1-30-23-9-8-20-15-19(5-7-21(20)16-23)6-10-25(29)27-22-3-2-4-24(17-22)31-14-13-28-12-11-26-18-28/h2-12,15-18H,13-14H2,1H3,(H,27,29)/b10-6+. The summed E-state index contributed by atoms with van der Waals surface area (Å²) in [6, 6.07) is 19.3. The molecule has 4 rings (SSSR count). The number of anilines is 1. The Morgan fingerprint density at radius 1 is 1.06 bits per heavy atom. The molecular weight excluding hydrogens is 390 g/mol. The first-order valence-corrected chi connectivity index (χ1v) is 9.95. The van der Waals surface area contributed by atoms with Gasteiger partial charge in [0.25, 0.3) is 0 Å². The van der Waals surface area contributed by atoms with Gasteiger partial charge in [0, 0.05) is 30.2 Å². The molecule has 0 radical (unpaired) electrons. The molecule has 0 fully saturated rings. The quantitative estimate of drug-likeness (QED) is 0.423. The molecule has 0 aliphatic carbocycles. The summed E-state index contributed by atoms with van der Waals surface area (Å²) in [6.07, 6.45) is 8.69. The first-order valence-electron chi connectivity index (χ1n) is 9.95. The highest BCUT2D eigenvalue weighted by Crippen LogP contribution is 2.22. The Morgan fingerprint density at radius 2 is 1.94 bits per heavy atom. The zero-order valence-corrected chi connectivity index (χ0v) is 17.2. The molecule has 1 amide bonds. The third-order valence-electron chi connectivity index (χ3n) is 4.78. The van der Waals surface area contributed by atoms with Crippen LogP contribution in [-0.2, 0) is 11.3 Å². The lowest BCUT2D eigenvalue weighted by atomic mass is 10.1. The highest BCUT2D eigenvalue weighted by molar-refractivity contribution is 6.02. The first-order chi connectivity index (χ1) is 15.2. The second-order valence-electron chi connectivity index (χ2n) is 6.97. The van der Waals surface area contributed by atoms with Crippen molar-refractivity contribution in [2.75, 3.05) is 19.0 Å². The van der Waals surface area contributed by atoms with E-state index in [-0.39, 0.29) is 5.91 Å². The fourth-order valence-corrected chi connectivity index (χ4v) is 3.18. The van der Waals surface area contributed by atoms with Crippen LogP contribution in [0.25, 0.3) is 16.8 Å². The number of carbonyl (C=O) groups excluding carboxylic acids is 1. The van der Waals surface area contributed by atoms with Crippen molar-refractivity contribution in [1.29, 1.82) is 0 Å². The average molecular weight is 413 g/mol. The Labute approximate surface area is 180 Å². The molecule has 3 aromatic carbocycles. The third-order valence-corrected chi connectivity index (χ3v) is 4.78. The number of amides is 1. The molecule has 6 heteroatoms. The van der Waals surface area contributed by atoms with Crippen LogP contribution in [0.2, 0.25) is 0 Å². The number of ether oxygens (including phenoxy) is 2. The number of methoxy groups -OCH3 is 1. The number of imidazole rings is 1. The van der Waals surface area contributed by atoms with Gasteiger partial charge in [-0.15, -0.1) is 0 Å². The largest absolute Gasteiger partial charge is 0.497 e.